The molecule has 1 atom stereocenters. The van der Waals surface area contributed by atoms with Crippen molar-refractivity contribution in [2.24, 2.45) is 11.3 Å². The van der Waals surface area contributed by atoms with E-state index in [-0.39, 0.29) is 17.2 Å². The van der Waals surface area contributed by atoms with Gasteiger partial charge in [-0.25, -0.2) is 4.98 Å². The van der Waals surface area contributed by atoms with E-state index >= 15 is 0 Å². The van der Waals surface area contributed by atoms with E-state index in [1.54, 1.807) is 12.4 Å². The third-order valence-corrected chi connectivity index (χ3v) is 6.44. The standard InChI is InChI=1S/C17H24N4O2S/c1-18-16-19-13(10-24-16)14(22)21-8-6-17(11-21)5-2-7-20(15(17)23)9-12-3-4-12/h10,12H,2-9,11H2,1H3,(H,18,19)/t17-/m1/s1. The molecule has 2 amide bonds. The van der Waals surface area contributed by atoms with E-state index in [0.717, 1.165) is 43.4 Å². The Morgan fingerprint density at radius 3 is 2.96 bits per heavy atom. The molecule has 1 aliphatic carbocycles. The van der Waals surface area contributed by atoms with Crippen molar-refractivity contribution in [2.45, 2.75) is 32.1 Å². The van der Waals surface area contributed by atoms with E-state index in [9.17, 15) is 9.59 Å². The molecule has 0 aromatic carbocycles. The molecule has 7 heteroatoms. The van der Waals surface area contributed by atoms with Crippen molar-refractivity contribution < 1.29 is 9.59 Å². The second-order valence-corrected chi connectivity index (χ2v) is 8.20. The highest BCUT2D eigenvalue weighted by atomic mass is 32.1. The Morgan fingerprint density at radius 1 is 1.42 bits per heavy atom. The van der Waals surface area contributed by atoms with Gasteiger partial charge in [0.1, 0.15) is 5.69 Å². The van der Waals surface area contributed by atoms with Gasteiger partial charge < -0.3 is 15.1 Å². The molecular formula is C17H24N4O2S. The van der Waals surface area contributed by atoms with Crippen LogP contribution in [0.1, 0.15) is 42.6 Å². The summed E-state index contributed by atoms with van der Waals surface area (Å²) in [6, 6.07) is 0. The first kappa shape index (κ1) is 15.9. The predicted octanol–water partition coefficient (Wildman–Crippen LogP) is 2.05. The van der Waals surface area contributed by atoms with E-state index in [0.29, 0.717) is 18.8 Å². The summed E-state index contributed by atoms with van der Waals surface area (Å²) in [4.78, 5) is 33.9. The first-order valence-corrected chi connectivity index (χ1v) is 9.71. The average Bonchev–Trinajstić information content (AvgIpc) is 3.12. The summed E-state index contributed by atoms with van der Waals surface area (Å²) in [7, 11) is 1.80. The van der Waals surface area contributed by atoms with Crippen LogP contribution in [0.3, 0.4) is 0 Å². The SMILES string of the molecule is CNc1nc(C(=O)N2CC[C@]3(CCCN(CC4CC4)C3=O)C2)cs1. The van der Waals surface area contributed by atoms with E-state index in [1.165, 1.54) is 24.2 Å². The van der Waals surface area contributed by atoms with Crippen molar-refractivity contribution in [3.05, 3.63) is 11.1 Å². The summed E-state index contributed by atoms with van der Waals surface area (Å²) in [5, 5.41) is 5.50. The van der Waals surface area contributed by atoms with Crippen LogP contribution >= 0.6 is 11.3 Å². The van der Waals surface area contributed by atoms with Crippen LogP contribution < -0.4 is 5.32 Å². The number of piperidine rings is 1. The lowest BCUT2D eigenvalue weighted by atomic mass is 9.78. The van der Waals surface area contributed by atoms with Crippen LogP contribution in [0.2, 0.25) is 0 Å². The summed E-state index contributed by atoms with van der Waals surface area (Å²) < 4.78 is 0. The average molecular weight is 348 g/mol. The molecule has 0 radical (unpaired) electrons. The molecule has 3 aliphatic rings. The molecule has 0 unspecified atom stereocenters. The van der Waals surface area contributed by atoms with Crippen molar-refractivity contribution in [2.75, 3.05) is 38.5 Å². The second kappa shape index (κ2) is 6.02. The molecular weight excluding hydrogens is 324 g/mol. The fraction of sp³-hybridized carbons (Fsp3) is 0.706. The number of thiazole rings is 1. The molecule has 0 bridgehead atoms. The monoisotopic (exact) mass is 348 g/mol. The first-order valence-electron chi connectivity index (χ1n) is 8.83. The Kier molecular flexibility index (Phi) is 3.98. The van der Waals surface area contributed by atoms with Gasteiger partial charge in [-0.15, -0.1) is 11.3 Å². The quantitative estimate of drug-likeness (QED) is 0.904. The summed E-state index contributed by atoms with van der Waals surface area (Å²) >= 11 is 1.43. The molecule has 130 valence electrons. The molecule has 1 aromatic heterocycles. The molecule has 24 heavy (non-hydrogen) atoms. The van der Waals surface area contributed by atoms with Gasteiger partial charge in [-0.2, -0.15) is 0 Å². The maximum Gasteiger partial charge on any atom is 0.273 e. The number of carbonyl (C=O) groups excluding carboxylic acids is 2. The van der Waals surface area contributed by atoms with Crippen LogP contribution in [0, 0.1) is 11.3 Å². The number of anilines is 1. The van der Waals surface area contributed by atoms with E-state index in [2.05, 4.69) is 15.2 Å². The maximum absolute atomic E-state index is 13.0. The predicted molar refractivity (Wildman–Crippen MR) is 93.2 cm³/mol. The van der Waals surface area contributed by atoms with Crippen LogP contribution in [-0.4, -0.2) is 59.8 Å². The Labute approximate surface area is 146 Å². The van der Waals surface area contributed by atoms with E-state index < -0.39 is 0 Å². The molecule has 1 spiro atoms. The Bertz CT molecular complexity index is 657. The number of nitrogens with one attached hydrogen (secondary N) is 1. The number of likely N-dealkylation sites (tertiary alicyclic amines) is 2. The Morgan fingerprint density at radius 2 is 2.25 bits per heavy atom. The molecule has 1 aromatic rings. The summed E-state index contributed by atoms with van der Waals surface area (Å²) in [5.41, 5.74) is 0.143. The normalized spacial score (nSPS) is 27.1. The van der Waals surface area contributed by atoms with Gasteiger partial charge in [0.15, 0.2) is 5.13 Å². The zero-order chi connectivity index (χ0) is 16.7. The number of aromatic nitrogens is 1. The van der Waals surface area contributed by atoms with Crippen molar-refractivity contribution in [3.63, 3.8) is 0 Å². The fourth-order valence-corrected chi connectivity index (χ4v) is 4.66. The van der Waals surface area contributed by atoms with Crippen molar-refractivity contribution in [1.29, 1.82) is 0 Å². The van der Waals surface area contributed by atoms with Crippen LogP contribution in [0.4, 0.5) is 5.13 Å². The topological polar surface area (TPSA) is 65.5 Å². The summed E-state index contributed by atoms with van der Waals surface area (Å²) in [6.45, 7) is 3.03. The van der Waals surface area contributed by atoms with Crippen LogP contribution in [0.5, 0.6) is 0 Å². The van der Waals surface area contributed by atoms with E-state index in [4.69, 9.17) is 0 Å². The lowest BCUT2D eigenvalue weighted by molar-refractivity contribution is -0.145. The maximum atomic E-state index is 13.0. The van der Waals surface area contributed by atoms with Gasteiger partial charge in [0, 0.05) is 38.6 Å². The second-order valence-electron chi connectivity index (χ2n) is 7.34. The molecule has 4 rings (SSSR count). The highest BCUT2D eigenvalue weighted by Gasteiger charge is 2.50. The molecule has 3 heterocycles. The van der Waals surface area contributed by atoms with E-state index in [1.807, 2.05) is 4.90 Å². The van der Waals surface area contributed by atoms with Gasteiger partial charge >= 0.3 is 0 Å². The van der Waals surface area contributed by atoms with Gasteiger partial charge in [-0.3, -0.25) is 9.59 Å². The smallest absolute Gasteiger partial charge is 0.273 e. The van der Waals surface area contributed by atoms with Crippen LogP contribution in [0.25, 0.3) is 0 Å². The van der Waals surface area contributed by atoms with Gasteiger partial charge in [0.05, 0.1) is 5.41 Å². The minimum atomic E-state index is -0.343. The summed E-state index contributed by atoms with van der Waals surface area (Å²) in [6.07, 6.45) is 5.29. The zero-order valence-corrected chi connectivity index (χ0v) is 14.9. The van der Waals surface area contributed by atoms with Crippen molar-refractivity contribution >= 4 is 28.3 Å². The molecule has 3 fully saturated rings. The number of rotatable bonds is 4. The Balaban J connectivity index is 1.46. The van der Waals surface area contributed by atoms with Crippen molar-refractivity contribution in [1.82, 2.24) is 14.8 Å². The van der Waals surface area contributed by atoms with Crippen molar-refractivity contribution in [3.8, 4) is 0 Å². The lowest BCUT2D eigenvalue weighted by Crippen LogP contribution is -2.51. The van der Waals surface area contributed by atoms with Crippen LogP contribution in [-0.2, 0) is 4.79 Å². The lowest BCUT2D eigenvalue weighted by Gasteiger charge is -2.39. The third-order valence-electron chi connectivity index (χ3n) is 5.58. The minimum absolute atomic E-state index is 0.0447. The number of nitrogens with zero attached hydrogens (tertiary/aromatic N) is 3. The van der Waals surface area contributed by atoms with Gasteiger partial charge in [0.25, 0.3) is 5.91 Å². The molecule has 1 N–H and O–H groups in total. The molecule has 2 saturated heterocycles. The summed E-state index contributed by atoms with van der Waals surface area (Å²) in [5.74, 6) is 0.958. The third kappa shape index (κ3) is 2.79. The molecule has 1 saturated carbocycles. The minimum Gasteiger partial charge on any atom is -0.365 e. The number of hydrogen-bond acceptors (Lipinski definition) is 5. The number of carbonyl (C=O) groups is 2. The zero-order valence-electron chi connectivity index (χ0n) is 14.1. The van der Waals surface area contributed by atoms with Gasteiger partial charge in [-0.1, -0.05) is 0 Å². The van der Waals surface area contributed by atoms with Gasteiger partial charge in [-0.05, 0) is 38.0 Å². The van der Waals surface area contributed by atoms with Gasteiger partial charge in [0.2, 0.25) is 5.91 Å². The highest BCUT2D eigenvalue weighted by molar-refractivity contribution is 7.13. The van der Waals surface area contributed by atoms with Crippen LogP contribution in [0.15, 0.2) is 5.38 Å². The first-order chi connectivity index (χ1) is 11.6. The highest BCUT2D eigenvalue weighted by Crippen LogP contribution is 2.42. The fourth-order valence-electron chi connectivity index (χ4n) is 4.01. The number of amides is 2. The molecule has 2 aliphatic heterocycles. The molecule has 6 nitrogen and oxygen atoms in total. The Hall–Kier alpha value is -1.63. The number of hydrogen-bond donors (Lipinski definition) is 1. The largest absolute Gasteiger partial charge is 0.365 e.